The van der Waals surface area contributed by atoms with Crippen molar-refractivity contribution in [3.05, 3.63) is 29.8 Å². The lowest BCUT2D eigenvalue weighted by atomic mass is 9.75. The van der Waals surface area contributed by atoms with Gasteiger partial charge in [-0.15, -0.1) is 0 Å². The first kappa shape index (κ1) is 13.9. The number of hydrogen-bond acceptors (Lipinski definition) is 3. The molecule has 1 saturated carbocycles. The maximum Gasteiger partial charge on any atom is 0.0936 e. The fraction of sp³-hybridized carbons (Fsp3) is 0.647. The van der Waals surface area contributed by atoms with Crippen LogP contribution in [-0.4, -0.2) is 29.6 Å². The third-order valence-electron chi connectivity index (χ3n) is 5.16. The van der Waals surface area contributed by atoms with Crippen LogP contribution in [0.3, 0.4) is 0 Å². The van der Waals surface area contributed by atoms with Crippen molar-refractivity contribution < 1.29 is 5.11 Å². The van der Waals surface area contributed by atoms with Gasteiger partial charge in [0.2, 0.25) is 0 Å². The van der Waals surface area contributed by atoms with E-state index in [2.05, 4.69) is 4.90 Å². The van der Waals surface area contributed by atoms with Gasteiger partial charge in [0.1, 0.15) is 0 Å². The average molecular weight is 274 g/mol. The van der Waals surface area contributed by atoms with Gasteiger partial charge in [-0.25, -0.2) is 0 Å². The summed E-state index contributed by atoms with van der Waals surface area (Å²) in [6, 6.07) is 7.67. The van der Waals surface area contributed by atoms with Crippen LogP contribution in [0, 0.1) is 11.8 Å². The summed E-state index contributed by atoms with van der Waals surface area (Å²) >= 11 is 0. The summed E-state index contributed by atoms with van der Waals surface area (Å²) in [5.41, 5.74) is 7.53. The van der Waals surface area contributed by atoms with E-state index in [0.29, 0.717) is 5.69 Å². The maximum absolute atomic E-state index is 10.4. The molecule has 0 amide bonds. The quantitative estimate of drug-likeness (QED) is 0.833. The van der Waals surface area contributed by atoms with E-state index >= 15 is 0 Å². The Morgan fingerprint density at radius 2 is 1.90 bits per heavy atom. The molecular formula is C17H26N2O. The highest BCUT2D eigenvalue weighted by molar-refractivity contribution is 5.47. The van der Waals surface area contributed by atoms with Crippen LogP contribution >= 0.6 is 0 Å². The second-order valence-electron chi connectivity index (χ2n) is 6.50. The van der Waals surface area contributed by atoms with Gasteiger partial charge in [0.15, 0.2) is 0 Å². The molecule has 0 bridgehead atoms. The summed E-state index contributed by atoms with van der Waals surface area (Å²) in [6.45, 7) is 3.01. The third-order valence-corrected chi connectivity index (χ3v) is 5.16. The van der Waals surface area contributed by atoms with E-state index < -0.39 is 6.10 Å². The van der Waals surface area contributed by atoms with E-state index in [9.17, 15) is 5.11 Å². The summed E-state index contributed by atoms with van der Waals surface area (Å²) in [6.07, 6.45) is 6.46. The molecule has 3 heteroatoms. The van der Waals surface area contributed by atoms with Crippen molar-refractivity contribution in [3.8, 4) is 0 Å². The molecule has 3 nitrogen and oxygen atoms in total. The van der Waals surface area contributed by atoms with Crippen LogP contribution in [0.15, 0.2) is 24.3 Å². The van der Waals surface area contributed by atoms with Gasteiger partial charge in [-0.2, -0.15) is 0 Å². The van der Waals surface area contributed by atoms with Gasteiger partial charge in [-0.1, -0.05) is 37.5 Å². The Morgan fingerprint density at radius 1 is 1.15 bits per heavy atom. The minimum absolute atomic E-state index is 0.462. The summed E-state index contributed by atoms with van der Waals surface area (Å²) in [7, 11) is 0. The lowest BCUT2D eigenvalue weighted by Gasteiger charge is -2.42. The second-order valence-corrected chi connectivity index (χ2v) is 6.50. The van der Waals surface area contributed by atoms with Crippen molar-refractivity contribution in [1.29, 1.82) is 0 Å². The molecule has 1 aliphatic heterocycles. The van der Waals surface area contributed by atoms with Crippen LogP contribution in [0.25, 0.3) is 0 Å². The first-order valence-corrected chi connectivity index (χ1v) is 7.99. The van der Waals surface area contributed by atoms with Crippen molar-refractivity contribution in [2.45, 2.75) is 38.2 Å². The Kier molecular flexibility index (Phi) is 4.27. The number of aliphatic hydroxyl groups excluding tert-OH is 1. The number of nitrogen functional groups attached to an aromatic ring is 1. The fourth-order valence-electron chi connectivity index (χ4n) is 4.00. The van der Waals surface area contributed by atoms with E-state index in [0.717, 1.165) is 37.0 Å². The molecule has 20 heavy (non-hydrogen) atoms. The van der Waals surface area contributed by atoms with Gasteiger partial charge in [-0.05, 0) is 37.3 Å². The molecule has 110 valence electrons. The topological polar surface area (TPSA) is 49.5 Å². The van der Waals surface area contributed by atoms with Gasteiger partial charge < -0.3 is 15.7 Å². The number of benzene rings is 1. The Balaban J connectivity index is 1.59. The van der Waals surface area contributed by atoms with Crippen LogP contribution < -0.4 is 5.73 Å². The largest absolute Gasteiger partial charge is 0.398 e. The molecule has 3 N–H and O–H groups in total. The predicted molar refractivity (Wildman–Crippen MR) is 82.3 cm³/mol. The second kappa shape index (κ2) is 6.15. The Labute approximate surface area is 121 Å². The van der Waals surface area contributed by atoms with Crippen molar-refractivity contribution in [1.82, 2.24) is 4.90 Å². The number of anilines is 1. The lowest BCUT2D eigenvalue weighted by Crippen LogP contribution is -2.43. The molecule has 1 saturated heterocycles. The number of para-hydroxylation sites is 1. The van der Waals surface area contributed by atoms with E-state index in [1.54, 1.807) is 0 Å². The number of piperidine rings is 1. The maximum atomic E-state index is 10.4. The van der Waals surface area contributed by atoms with E-state index in [1.807, 2.05) is 24.3 Å². The molecular weight excluding hydrogens is 248 g/mol. The molecule has 2 fully saturated rings. The third kappa shape index (κ3) is 2.99. The highest BCUT2D eigenvalue weighted by atomic mass is 16.3. The zero-order valence-electron chi connectivity index (χ0n) is 12.2. The number of β-amino-alcohol motifs (C(OH)–C–C–N with tert-alkyl or cyclic N) is 1. The van der Waals surface area contributed by atoms with Crippen molar-refractivity contribution in [3.63, 3.8) is 0 Å². The molecule has 3 rings (SSSR count). The molecule has 0 aromatic heterocycles. The fourth-order valence-corrected chi connectivity index (χ4v) is 4.00. The monoisotopic (exact) mass is 274 g/mol. The zero-order chi connectivity index (χ0) is 13.9. The number of aliphatic hydroxyl groups is 1. The summed E-state index contributed by atoms with van der Waals surface area (Å²) in [5.74, 6) is 1.80. The number of hydrogen-bond donors (Lipinski definition) is 2. The van der Waals surface area contributed by atoms with E-state index in [4.69, 9.17) is 5.73 Å². The average Bonchev–Trinajstić information content (AvgIpc) is 2.47. The van der Waals surface area contributed by atoms with Gasteiger partial charge in [0.05, 0.1) is 6.10 Å². The zero-order valence-corrected chi connectivity index (χ0v) is 12.2. The normalized spacial score (nSPS) is 28.9. The molecule has 1 heterocycles. The molecule has 0 spiro atoms. The highest BCUT2D eigenvalue weighted by Gasteiger charge is 2.31. The van der Waals surface area contributed by atoms with Crippen LogP contribution in [0.4, 0.5) is 5.69 Å². The number of likely N-dealkylation sites (tertiary alicyclic amines) is 1. The van der Waals surface area contributed by atoms with Gasteiger partial charge in [0.25, 0.3) is 0 Å². The summed E-state index contributed by atoms with van der Waals surface area (Å²) in [4.78, 5) is 2.43. The van der Waals surface area contributed by atoms with Gasteiger partial charge >= 0.3 is 0 Å². The summed E-state index contributed by atoms with van der Waals surface area (Å²) < 4.78 is 0. The van der Waals surface area contributed by atoms with Crippen LogP contribution in [0.5, 0.6) is 0 Å². The number of rotatable bonds is 3. The Hall–Kier alpha value is -1.06. The molecule has 1 aliphatic carbocycles. The smallest absolute Gasteiger partial charge is 0.0936 e. The first-order valence-electron chi connectivity index (χ1n) is 7.99. The van der Waals surface area contributed by atoms with Crippen LogP contribution in [-0.2, 0) is 0 Å². The summed E-state index contributed by atoms with van der Waals surface area (Å²) in [5, 5.41) is 10.4. The van der Waals surface area contributed by atoms with Gasteiger partial charge in [-0.3, -0.25) is 0 Å². The molecule has 3 unspecified atom stereocenters. The molecule has 3 atom stereocenters. The standard InChI is InChI=1S/C17H26N2O/c18-16-8-4-3-7-15(16)17(20)12-19-10-9-13-5-1-2-6-14(13)11-19/h3-4,7-8,13-14,17,20H,1-2,5-6,9-12,18H2. The van der Waals surface area contributed by atoms with E-state index in [1.165, 1.54) is 32.1 Å². The number of fused-ring (bicyclic) bond motifs is 1. The Morgan fingerprint density at radius 3 is 2.70 bits per heavy atom. The van der Waals surface area contributed by atoms with Crippen molar-refractivity contribution in [2.24, 2.45) is 11.8 Å². The molecule has 2 aliphatic rings. The Bertz CT molecular complexity index is 448. The number of nitrogens with two attached hydrogens (primary N) is 1. The van der Waals surface area contributed by atoms with Crippen LogP contribution in [0.1, 0.15) is 43.8 Å². The molecule has 1 aromatic carbocycles. The van der Waals surface area contributed by atoms with Crippen molar-refractivity contribution >= 4 is 5.69 Å². The SMILES string of the molecule is Nc1ccccc1C(O)CN1CCC2CCCCC2C1. The first-order chi connectivity index (χ1) is 9.74. The van der Waals surface area contributed by atoms with Gasteiger partial charge in [0, 0.05) is 24.3 Å². The molecule has 1 aromatic rings. The lowest BCUT2D eigenvalue weighted by molar-refractivity contribution is 0.0462. The van der Waals surface area contributed by atoms with Crippen molar-refractivity contribution in [2.75, 3.05) is 25.4 Å². The highest BCUT2D eigenvalue weighted by Crippen LogP contribution is 2.36. The minimum atomic E-state index is -0.462. The van der Waals surface area contributed by atoms with Crippen LogP contribution in [0.2, 0.25) is 0 Å². The minimum Gasteiger partial charge on any atom is -0.398 e. The van der Waals surface area contributed by atoms with E-state index in [-0.39, 0.29) is 0 Å². The predicted octanol–water partition coefficient (Wildman–Crippen LogP) is 2.81. The number of nitrogens with zero attached hydrogens (tertiary/aromatic N) is 1. The molecule has 0 radical (unpaired) electrons.